The summed E-state index contributed by atoms with van der Waals surface area (Å²) in [5.74, 6) is 0.607. The molecule has 0 aromatic heterocycles. The second-order valence-electron chi connectivity index (χ2n) is 5.68. The van der Waals surface area contributed by atoms with Crippen molar-refractivity contribution in [2.45, 2.75) is 13.1 Å². The fraction of sp³-hybridized carbons (Fsp3) is 0.150. The third kappa shape index (κ3) is 3.85. The smallest absolute Gasteiger partial charge is 0.296 e. The van der Waals surface area contributed by atoms with Crippen LogP contribution in [0, 0.1) is 0 Å². The number of hydrogen-bond donors (Lipinski definition) is 1. The first-order chi connectivity index (χ1) is 12.4. The molecular formula is C20H16F3NOS. The molecule has 0 saturated heterocycles. The van der Waals surface area contributed by atoms with Crippen molar-refractivity contribution >= 4 is 28.6 Å². The molecule has 0 aliphatic carbocycles. The normalized spacial score (nSPS) is 11.5. The summed E-state index contributed by atoms with van der Waals surface area (Å²) >= 11 is 1.33. The number of rotatable bonds is 4. The molecule has 3 rings (SSSR count). The molecule has 3 aromatic rings. The number of halogens is 3. The molecule has 0 saturated carbocycles. The van der Waals surface area contributed by atoms with Crippen LogP contribution in [0.25, 0.3) is 21.9 Å². The van der Waals surface area contributed by atoms with Gasteiger partial charge in [-0.3, -0.25) is 9.52 Å². The van der Waals surface area contributed by atoms with E-state index in [0.717, 1.165) is 34.2 Å². The Labute approximate surface area is 153 Å². The van der Waals surface area contributed by atoms with Crippen molar-refractivity contribution in [3.63, 3.8) is 0 Å². The van der Waals surface area contributed by atoms with Gasteiger partial charge in [0.1, 0.15) is 0 Å². The van der Waals surface area contributed by atoms with E-state index in [9.17, 15) is 18.0 Å². The third-order valence-corrected chi connectivity index (χ3v) is 4.59. The Morgan fingerprint density at radius 2 is 1.77 bits per heavy atom. The molecule has 3 aromatic carbocycles. The lowest BCUT2D eigenvalue weighted by molar-refractivity contribution is -0.137. The average Bonchev–Trinajstić information content (AvgIpc) is 2.64. The number of carbonyl (C=O) groups excluding carboxylic acids is 1. The third-order valence-electron chi connectivity index (χ3n) is 3.98. The zero-order valence-corrected chi connectivity index (χ0v) is 14.7. The molecule has 26 heavy (non-hydrogen) atoms. The fourth-order valence-electron chi connectivity index (χ4n) is 2.71. The number of hydrogen-bond acceptors (Lipinski definition) is 2. The van der Waals surface area contributed by atoms with Crippen molar-refractivity contribution in [3.05, 3.63) is 71.8 Å². The van der Waals surface area contributed by atoms with Gasteiger partial charge in [-0.15, -0.1) is 0 Å². The highest BCUT2D eigenvalue weighted by Crippen LogP contribution is 2.33. The van der Waals surface area contributed by atoms with E-state index in [4.69, 9.17) is 0 Å². The van der Waals surface area contributed by atoms with Crippen LogP contribution in [0.3, 0.4) is 0 Å². The molecule has 0 atom stereocenters. The summed E-state index contributed by atoms with van der Waals surface area (Å²) in [6.07, 6.45) is -4.35. The summed E-state index contributed by atoms with van der Waals surface area (Å²) in [5.41, 5.74) is 1.39. The van der Waals surface area contributed by atoms with Crippen molar-refractivity contribution in [1.29, 1.82) is 0 Å². The molecule has 1 N–H and O–H groups in total. The zero-order chi connectivity index (χ0) is 18.7. The van der Waals surface area contributed by atoms with Crippen LogP contribution in [0.15, 0.2) is 60.7 Å². The van der Waals surface area contributed by atoms with Gasteiger partial charge in [-0.25, -0.2) is 0 Å². The molecule has 2 nitrogen and oxygen atoms in total. The van der Waals surface area contributed by atoms with Gasteiger partial charge in [0, 0.05) is 11.3 Å². The molecule has 134 valence electrons. The van der Waals surface area contributed by atoms with E-state index in [-0.39, 0.29) is 5.91 Å². The van der Waals surface area contributed by atoms with Gasteiger partial charge in [0.25, 0.3) is 5.91 Å². The summed E-state index contributed by atoms with van der Waals surface area (Å²) in [7, 11) is 0. The Hall–Kier alpha value is -2.47. The van der Waals surface area contributed by atoms with E-state index in [1.54, 1.807) is 12.1 Å². The predicted octanol–water partition coefficient (Wildman–Crippen LogP) is 5.92. The van der Waals surface area contributed by atoms with Crippen LogP contribution in [0.4, 0.5) is 13.2 Å². The zero-order valence-electron chi connectivity index (χ0n) is 13.9. The lowest BCUT2D eigenvalue weighted by Gasteiger charge is -2.11. The van der Waals surface area contributed by atoms with Crippen molar-refractivity contribution in [3.8, 4) is 11.1 Å². The van der Waals surface area contributed by atoms with E-state index < -0.39 is 11.7 Å². The molecule has 0 spiro atoms. The Balaban J connectivity index is 1.98. The maximum absolute atomic E-state index is 12.7. The van der Waals surface area contributed by atoms with Gasteiger partial charge in [-0.1, -0.05) is 55.3 Å². The first-order valence-electron chi connectivity index (χ1n) is 8.02. The highest BCUT2D eigenvalue weighted by molar-refractivity contribution is 7.97. The largest absolute Gasteiger partial charge is 0.416 e. The summed E-state index contributed by atoms with van der Waals surface area (Å²) < 4.78 is 41.0. The van der Waals surface area contributed by atoms with Crippen molar-refractivity contribution in [2.75, 3.05) is 5.75 Å². The summed E-state index contributed by atoms with van der Waals surface area (Å²) in [6.45, 7) is 1.95. The van der Waals surface area contributed by atoms with Gasteiger partial charge < -0.3 is 0 Å². The molecule has 0 aliphatic heterocycles. The topological polar surface area (TPSA) is 29.1 Å². The first-order valence-corrected chi connectivity index (χ1v) is 9.01. The Kier molecular flexibility index (Phi) is 5.23. The molecule has 0 unspecified atom stereocenters. The van der Waals surface area contributed by atoms with Crippen LogP contribution >= 0.6 is 11.9 Å². The number of carbonyl (C=O) groups is 1. The monoisotopic (exact) mass is 375 g/mol. The van der Waals surface area contributed by atoms with Gasteiger partial charge in [-0.05, 0) is 46.2 Å². The molecular weight excluding hydrogens is 359 g/mol. The minimum Gasteiger partial charge on any atom is -0.296 e. The Morgan fingerprint density at radius 1 is 1.04 bits per heavy atom. The second-order valence-corrected chi connectivity index (χ2v) is 6.75. The SMILES string of the molecule is CCSNC(=O)c1ccc2c(-c3ccc(C(F)(F)F)cc3)cccc2c1. The number of amides is 1. The highest BCUT2D eigenvalue weighted by Gasteiger charge is 2.30. The van der Waals surface area contributed by atoms with Gasteiger partial charge in [-0.2, -0.15) is 13.2 Å². The summed E-state index contributed by atoms with van der Waals surface area (Å²) in [6, 6.07) is 16.0. The van der Waals surface area contributed by atoms with Crippen LogP contribution in [0.5, 0.6) is 0 Å². The first kappa shape index (κ1) is 18.3. The maximum Gasteiger partial charge on any atom is 0.416 e. The molecule has 0 fully saturated rings. The van der Waals surface area contributed by atoms with Gasteiger partial charge in [0.2, 0.25) is 0 Å². The number of benzene rings is 3. The van der Waals surface area contributed by atoms with Gasteiger partial charge in [0.15, 0.2) is 0 Å². The van der Waals surface area contributed by atoms with Crippen LogP contribution < -0.4 is 4.72 Å². The Bertz CT molecular complexity index is 936. The van der Waals surface area contributed by atoms with Crippen LogP contribution in [-0.2, 0) is 6.18 Å². The van der Waals surface area contributed by atoms with E-state index >= 15 is 0 Å². The molecule has 0 heterocycles. The molecule has 0 aliphatic rings. The second kappa shape index (κ2) is 7.41. The summed E-state index contributed by atoms with van der Waals surface area (Å²) in [4.78, 5) is 12.1. The standard InChI is InChI=1S/C20H16F3NOS/c1-2-26-24-19(25)15-8-11-18-14(12-15)4-3-5-17(18)13-6-9-16(10-7-13)20(21,22)23/h3-12H,2H2,1H3,(H,24,25). The highest BCUT2D eigenvalue weighted by atomic mass is 32.2. The quantitative estimate of drug-likeness (QED) is 0.573. The fourth-order valence-corrected chi connectivity index (χ4v) is 3.11. The van der Waals surface area contributed by atoms with E-state index in [0.29, 0.717) is 11.1 Å². The van der Waals surface area contributed by atoms with Crippen molar-refractivity contribution in [2.24, 2.45) is 0 Å². The minimum atomic E-state index is -4.35. The number of alkyl halides is 3. The van der Waals surface area contributed by atoms with Crippen LogP contribution in [-0.4, -0.2) is 11.7 Å². The van der Waals surface area contributed by atoms with Crippen molar-refractivity contribution in [1.82, 2.24) is 4.72 Å². The molecule has 0 bridgehead atoms. The Morgan fingerprint density at radius 3 is 2.42 bits per heavy atom. The number of nitrogens with one attached hydrogen (secondary N) is 1. The van der Waals surface area contributed by atoms with Crippen molar-refractivity contribution < 1.29 is 18.0 Å². The van der Waals surface area contributed by atoms with Gasteiger partial charge in [0.05, 0.1) is 5.56 Å². The average molecular weight is 375 g/mol. The molecule has 6 heteroatoms. The van der Waals surface area contributed by atoms with E-state index in [1.165, 1.54) is 24.1 Å². The van der Waals surface area contributed by atoms with E-state index in [2.05, 4.69) is 4.72 Å². The molecule has 1 amide bonds. The van der Waals surface area contributed by atoms with Gasteiger partial charge >= 0.3 is 6.18 Å². The number of fused-ring (bicyclic) bond motifs is 1. The predicted molar refractivity (Wildman–Crippen MR) is 100.0 cm³/mol. The molecule has 0 radical (unpaired) electrons. The lowest BCUT2D eigenvalue weighted by Crippen LogP contribution is -2.15. The summed E-state index contributed by atoms with van der Waals surface area (Å²) in [5, 5.41) is 1.74. The van der Waals surface area contributed by atoms with E-state index in [1.807, 2.05) is 31.2 Å². The minimum absolute atomic E-state index is 0.168. The maximum atomic E-state index is 12.7. The van der Waals surface area contributed by atoms with Crippen LogP contribution in [0.1, 0.15) is 22.8 Å². The lowest BCUT2D eigenvalue weighted by atomic mass is 9.96. The van der Waals surface area contributed by atoms with Crippen LogP contribution in [0.2, 0.25) is 0 Å².